The maximum Gasteiger partial charge on any atom is 0.264 e. The molecule has 0 heterocycles. The second-order valence-electron chi connectivity index (χ2n) is 6.10. The Hall–Kier alpha value is -1.77. The third-order valence-electron chi connectivity index (χ3n) is 4.01. The second kappa shape index (κ2) is 9.58. The van der Waals surface area contributed by atoms with Gasteiger partial charge in [-0.2, -0.15) is 0 Å². The number of rotatable bonds is 6. The summed E-state index contributed by atoms with van der Waals surface area (Å²) in [5, 5.41) is 3.50. The molecule has 0 atom stereocenters. The fourth-order valence-corrected chi connectivity index (χ4v) is 4.73. The molecule has 0 spiro atoms. The summed E-state index contributed by atoms with van der Waals surface area (Å²) < 4.78 is 28.2. The van der Waals surface area contributed by atoms with Gasteiger partial charge in [-0.05, 0) is 64.5 Å². The monoisotopic (exact) mass is 546 g/mol. The summed E-state index contributed by atoms with van der Waals surface area (Å²) in [5.41, 5.74) is 0.636. The normalized spacial score (nSPS) is 11.2. The van der Waals surface area contributed by atoms with E-state index in [0.717, 1.165) is 4.31 Å². The summed E-state index contributed by atoms with van der Waals surface area (Å²) in [5.74, 6) is -0.557. The fraction of sp³-hybridized carbons (Fsp3) is 0.0500. The van der Waals surface area contributed by atoms with Gasteiger partial charge in [0.15, 0.2) is 0 Å². The van der Waals surface area contributed by atoms with Crippen molar-refractivity contribution in [1.82, 2.24) is 0 Å². The van der Waals surface area contributed by atoms with Crippen molar-refractivity contribution < 1.29 is 13.2 Å². The Morgan fingerprint density at radius 1 is 0.900 bits per heavy atom. The van der Waals surface area contributed by atoms with Crippen molar-refractivity contribution >= 4 is 78.0 Å². The predicted molar refractivity (Wildman–Crippen MR) is 125 cm³/mol. The van der Waals surface area contributed by atoms with Crippen LogP contribution >= 0.6 is 50.7 Å². The van der Waals surface area contributed by atoms with Gasteiger partial charge in [0.1, 0.15) is 6.54 Å². The van der Waals surface area contributed by atoms with Crippen LogP contribution in [0.1, 0.15) is 0 Å². The van der Waals surface area contributed by atoms with Gasteiger partial charge in [-0.3, -0.25) is 9.10 Å². The number of halogens is 4. The number of carbonyl (C=O) groups is 1. The summed E-state index contributed by atoms with van der Waals surface area (Å²) in [6.07, 6.45) is 0. The summed E-state index contributed by atoms with van der Waals surface area (Å²) in [6, 6.07) is 17.0. The van der Waals surface area contributed by atoms with E-state index in [4.69, 9.17) is 34.8 Å². The smallest absolute Gasteiger partial charge is 0.264 e. The summed E-state index contributed by atoms with van der Waals surface area (Å²) in [6.45, 7) is -0.483. The van der Waals surface area contributed by atoms with E-state index >= 15 is 0 Å². The molecule has 0 saturated heterocycles. The number of sulfonamides is 1. The van der Waals surface area contributed by atoms with Crippen LogP contribution in [0.4, 0.5) is 11.4 Å². The molecule has 1 amide bonds. The van der Waals surface area contributed by atoms with E-state index in [0.29, 0.717) is 15.2 Å². The molecule has 0 fully saturated rings. The van der Waals surface area contributed by atoms with Gasteiger partial charge >= 0.3 is 0 Å². The van der Waals surface area contributed by atoms with Gasteiger partial charge in [0, 0.05) is 10.2 Å². The molecule has 0 radical (unpaired) electrons. The van der Waals surface area contributed by atoms with Gasteiger partial charge in [0.05, 0.1) is 25.7 Å². The summed E-state index contributed by atoms with van der Waals surface area (Å²) in [7, 11) is -4.05. The van der Waals surface area contributed by atoms with Crippen LogP contribution in [0.15, 0.2) is 76.1 Å². The molecule has 0 aliphatic carbocycles. The van der Waals surface area contributed by atoms with Crippen molar-refractivity contribution in [3.05, 3.63) is 86.3 Å². The minimum atomic E-state index is -4.05. The lowest BCUT2D eigenvalue weighted by Gasteiger charge is -2.24. The van der Waals surface area contributed by atoms with Crippen LogP contribution in [-0.4, -0.2) is 20.9 Å². The molecular weight excluding hydrogens is 535 g/mol. The number of amides is 1. The third kappa shape index (κ3) is 5.28. The van der Waals surface area contributed by atoms with Gasteiger partial charge in [-0.1, -0.05) is 53.0 Å². The number of benzene rings is 3. The van der Waals surface area contributed by atoms with E-state index in [9.17, 15) is 13.2 Å². The van der Waals surface area contributed by atoms with Crippen LogP contribution in [0.2, 0.25) is 15.1 Å². The van der Waals surface area contributed by atoms with E-state index in [2.05, 4.69) is 21.2 Å². The number of hydrogen-bond donors (Lipinski definition) is 1. The highest BCUT2D eigenvalue weighted by molar-refractivity contribution is 9.10. The Labute approximate surface area is 197 Å². The molecule has 0 unspecified atom stereocenters. The molecule has 30 heavy (non-hydrogen) atoms. The maximum absolute atomic E-state index is 13.3. The average Bonchev–Trinajstić information content (AvgIpc) is 2.72. The Morgan fingerprint density at radius 3 is 2.23 bits per heavy atom. The van der Waals surface area contributed by atoms with E-state index in [1.165, 1.54) is 30.3 Å². The molecule has 3 rings (SSSR count). The van der Waals surface area contributed by atoms with E-state index < -0.39 is 22.5 Å². The van der Waals surface area contributed by atoms with Crippen molar-refractivity contribution in [2.75, 3.05) is 16.2 Å². The zero-order valence-corrected chi connectivity index (χ0v) is 19.8. The maximum atomic E-state index is 13.3. The van der Waals surface area contributed by atoms with Gasteiger partial charge in [-0.25, -0.2) is 8.42 Å². The van der Waals surface area contributed by atoms with Crippen LogP contribution < -0.4 is 9.62 Å². The van der Waals surface area contributed by atoms with Crippen molar-refractivity contribution in [1.29, 1.82) is 0 Å². The minimum absolute atomic E-state index is 0.0376. The Kier molecular flexibility index (Phi) is 7.31. The molecule has 0 aliphatic rings. The molecule has 1 N–H and O–H groups in total. The van der Waals surface area contributed by atoms with Crippen LogP contribution in [0, 0.1) is 0 Å². The van der Waals surface area contributed by atoms with Gasteiger partial charge in [0.25, 0.3) is 10.0 Å². The molecule has 10 heteroatoms. The fourth-order valence-electron chi connectivity index (χ4n) is 2.58. The summed E-state index contributed by atoms with van der Waals surface area (Å²) >= 11 is 21.4. The van der Waals surface area contributed by atoms with Crippen molar-refractivity contribution in [3.8, 4) is 0 Å². The minimum Gasteiger partial charge on any atom is -0.324 e. The van der Waals surface area contributed by atoms with Gasteiger partial charge < -0.3 is 5.32 Å². The van der Waals surface area contributed by atoms with E-state index in [-0.39, 0.29) is 20.6 Å². The largest absolute Gasteiger partial charge is 0.324 e. The first-order valence-corrected chi connectivity index (χ1v) is 11.8. The van der Waals surface area contributed by atoms with Crippen LogP contribution in [0.3, 0.4) is 0 Å². The number of hydrogen-bond acceptors (Lipinski definition) is 3. The molecule has 0 aliphatic heterocycles. The molecule has 3 aromatic rings. The first-order chi connectivity index (χ1) is 14.2. The Bertz CT molecular complexity index is 1190. The molecule has 0 bridgehead atoms. The zero-order chi connectivity index (χ0) is 21.9. The van der Waals surface area contributed by atoms with Crippen LogP contribution in [0.5, 0.6) is 0 Å². The Morgan fingerprint density at radius 2 is 1.60 bits per heavy atom. The highest BCUT2D eigenvalue weighted by atomic mass is 79.9. The first kappa shape index (κ1) is 22.9. The zero-order valence-electron chi connectivity index (χ0n) is 15.2. The van der Waals surface area contributed by atoms with Gasteiger partial charge in [-0.15, -0.1) is 0 Å². The summed E-state index contributed by atoms with van der Waals surface area (Å²) in [4.78, 5) is 12.7. The first-order valence-electron chi connectivity index (χ1n) is 8.46. The van der Waals surface area contributed by atoms with Crippen molar-refractivity contribution in [3.63, 3.8) is 0 Å². The topological polar surface area (TPSA) is 66.5 Å². The number of anilines is 2. The molecule has 0 saturated carbocycles. The average molecular weight is 549 g/mol. The third-order valence-corrected chi connectivity index (χ3v) is 7.77. The number of nitrogens with zero attached hydrogens (tertiary/aromatic N) is 1. The quantitative estimate of drug-likeness (QED) is 0.396. The lowest BCUT2D eigenvalue weighted by Crippen LogP contribution is -2.38. The molecule has 156 valence electrons. The van der Waals surface area contributed by atoms with E-state index in [1.807, 2.05) is 0 Å². The highest BCUT2D eigenvalue weighted by Crippen LogP contribution is 2.31. The van der Waals surface area contributed by atoms with Crippen LogP contribution in [0.25, 0.3) is 0 Å². The lowest BCUT2D eigenvalue weighted by atomic mass is 10.3. The van der Waals surface area contributed by atoms with Crippen molar-refractivity contribution in [2.24, 2.45) is 0 Å². The SMILES string of the molecule is O=C(CN(c1ccc(Cl)c(Cl)c1)S(=O)(=O)c1ccccc1)Nc1ccc(Br)c(Cl)c1. The molecular formula is C20H14BrCl3N2O3S. The van der Waals surface area contributed by atoms with E-state index in [1.54, 1.807) is 36.4 Å². The standard InChI is InChI=1S/C20H14BrCl3N2O3S/c21-16-8-6-13(10-18(16)23)25-20(27)12-26(14-7-9-17(22)19(24)11-14)30(28,29)15-4-2-1-3-5-15/h1-11H,12H2,(H,25,27). The van der Waals surface area contributed by atoms with Crippen molar-refractivity contribution in [2.45, 2.75) is 4.90 Å². The predicted octanol–water partition coefficient (Wildman–Crippen LogP) is 6.24. The molecule has 0 aromatic heterocycles. The van der Waals surface area contributed by atoms with Gasteiger partial charge in [0.2, 0.25) is 5.91 Å². The highest BCUT2D eigenvalue weighted by Gasteiger charge is 2.27. The number of nitrogens with one attached hydrogen (secondary N) is 1. The molecule has 5 nitrogen and oxygen atoms in total. The number of carbonyl (C=O) groups excluding carboxylic acids is 1. The van der Waals surface area contributed by atoms with Crippen LogP contribution in [-0.2, 0) is 14.8 Å². The Balaban J connectivity index is 1.95. The molecule has 3 aromatic carbocycles. The second-order valence-corrected chi connectivity index (χ2v) is 10.0. The lowest BCUT2D eigenvalue weighted by molar-refractivity contribution is -0.114.